The molecule has 1 aromatic carbocycles. The molecule has 0 unspecified atom stereocenters. The van der Waals surface area contributed by atoms with Gasteiger partial charge in [-0.3, -0.25) is 9.89 Å². The van der Waals surface area contributed by atoms with Crippen molar-refractivity contribution in [3.63, 3.8) is 0 Å². The summed E-state index contributed by atoms with van der Waals surface area (Å²) in [7, 11) is 1.80. The van der Waals surface area contributed by atoms with Crippen molar-refractivity contribution in [2.75, 3.05) is 46.3 Å². The number of guanidine groups is 1. The summed E-state index contributed by atoms with van der Waals surface area (Å²) in [4.78, 5) is 9.05. The first-order valence-corrected chi connectivity index (χ1v) is 10.4. The Morgan fingerprint density at radius 3 is 2.48 bits per heavy atom. The molecule has 0 bridgehead atoms. The molecule has 8 heteroatoms. The molecule has 0 saturated carbocycles. The maximum absolute atomic E-state index is 13.4. The molecule has 0 amide bonds. The minimum Gasteiger partial charge on any atom is -0.355 e. The van der Waals surface area contributed by atoms with Crippen LogP contribution in [-0.4, -0.2) is 68.1 Å². The molecule has 5 nitrogen and oxygen atoms in total. The number of likely N-dealkylation sites (N-methyl/N-ethyl adjacent to an activating group) is 1. The molecule has 0 aliphatic carbocycles. The van der Waals surface area contributed by atoms with Gasteiger partial charge >= 0.3 is 0 Å². The summed E-state index contributed by atoms with van der Waals surface area (Å²) in [5.41, 5.74) is 0.815. The minimum atomic E-state index is -0.790. The Bertz CT molecular complexity index is 621. The number of hydrogen-bond donors (Lipinski definition) is 2. The first kappa shape index (κ1) is 26.0. The highest BCUT2D eigenvalue weighted by atomic mass is 127. The van der Waals surface area contributed by atoms with Gasteiger partial charge in [0, 0.05) is 45.8 Å². The minimum absolute atomic E-state index is 0. The molecule has 0 atom stereocenters. The smallest absolute Gasteiger partial charge is 0.191 e. The zero-order chi connectivity index (χ0) is 20.4. The largest absolute Gasteiger partial charge is 0.355 e. The second kappa shape index (κ2) is 14.1. The summed E-state index contributed by atoms with van der Waals surface area (Å²) in [6.45, 7) is 11.0. The van der Waals surface area contributed by atoms with E-state index in [-0.39, 0.29) is 24.0 Å². The van der Waals surface area contributed by atoms with Gasteiger partial charge in [0.1, 0.15) is 0 Å². The average molecular weight is 523 g/mol. The van der Waals surface area contributed by atoms with E-state index in [1.165, 1.54) is 18.6 Å². The topological polar surface area (TPSA) is 42.9 Å². The summed E-state index contributed by atoms with van der Waals surface area (Å²) in [6.07, 6.45) is 3.17. The van der Waals surface area contributed by atoms with Crippen LogP contribution in [0.3, 0.4) is 0 Å². The first-order chi connectivity index (χ1) is 13.5. The van der Waals surface area contributed by atoms with E-state index in [1.807, 2.05) is 0 Å². The lowest BCUT2D eigenvalue weighted by Gasteiger charge is -2.33. The van der Waals surface area contributed by atoms with E-state index < -0.39 is 11.6 Å². The Balaban J connectivity index is 0.00000420. The maximum Gasteiger partial charge on any atom is 0.191 e. The maximum atomic E-state index is 13.4. The molecule has 2 N–H and O–H groups in total. The van der Waals surface area contributed by atoms with Gasteiger partial charge in [-0.25, -0.2) is 8.78 Å². The van der Waals surface area contributed by atoms with Gasteiger partial charge in [0.15, 0.2) is 17.6 Å². The number of rotatable bonds is 9. The number of nitrogens with one attached hydrogen (secondary N) is 2. The molecular formula is C21H36F2IN5. The Hall–Kier alpha value is -1.00. The molecule has 0 aromatic heterocycles. The molecule has 1 aliphatic heterocycles. The van der Waals surface area contributed by atoms with Crippen LogP contribution in [0.15, 0.2) is 23.2 Å². The van der Waals surface area contributed by atoms with Crippen molar-refractivity contribution in [3.8, 4) is 0 Å². The number of hydrogen-bond acceptors (Lipinski definition) is 3. The van der Waals surface area contributed by atoms with Crippen LogP contribution in [0.4, 0.5) is 8.78 Å². The van der Waals surface area contributed by atoms with E-state index in [4.69, 9.17) is 0 Å². The normalized spacial score (nSPS) is 16.0. The van der Waals surface area contributed by atoms with Crippen LogP contribution in [-0.2, 0) is 6.54 Å². The SMILES string of the molecule is CCCN(CC)CCNC(=NC)NC1CCN(Cc2ccc(F)c(F)c2)CC1.I. The highest BCUT2D eigenvalue weighted by Gasteiger charge is 2.20. The van der Waals surface area contributed by atoms with Crippen LogP contribution in [0.1, 0.15) is 38.7 Å². The predicted molar refractivity (Wildman–Crippen MR) is 127 cm³/mol. The van der Waals surface area contributed by atoms with Crippen molar-refractivity contribution in [1.29, 1.82) is 0 Å². The summed E-state index contributed by atoms with van der Waals surface area (Å²) in [5, 5.41) is 6.92. The Kier molecular flexibility index (Phi) is 12.6. The highest BCUT2D eigenvalue weighted by molar-refractivity contribution is 14.0. The Morgan fingerprint density at radius 1 is 1.17 bits per heavy atom. The predicted octanol–water partition coefficient (Wildman–Crippen LogP) is 3.44. The summed E-state index contributed by atoms with van der Waals surface area (Å²) in [6, 6.07) is 4.54. The van der Waals surface area contributed by atoms with E-state index in [0.29, 0.717) is 12.6 Å². The Morgan fingerprint density at radius 2 is 1.90 bits per heavy atom. The highest BCUT2D eigenvalue weighted by Crippen LogP contribution is 2.15. The van der Waals surface area contributed by atoms with Crippen LogP contribution in [0.5, 0.6) is 0 Å². The fourth-order valence-corrected chi connectivity index (χ4v) is 3.60. The molecule has 29 heavy (non-hydrogen) atoms. The molecular weight excluding hydrogens is 487 g/mol. The molecule has 1 aromatic rings. The van der Waals surface area contributed by atoms with Gasteiger partial charge < -0.3 is 15.5 Å². The number of nitrogens with zero attached hydrogens (tertiary/aromatic N) is 3. The number of likely N-dealkylation sites (tertiary alicyclic amines) is 1. The van der Waals surface area contributed by atoms with Crippen molar-refractivity contribution in [1.82, 2.24) is 20.4 Å². The van der Waals surface area contributed by atoms with Gasteiger partial charge in [0.2, 0.25) is 0 Å². The molecule has 166 valence electrons. The monoisotopic (exact) mass is 523 g/mol. The lowest BCUT2D eigenvalue weighted by atomic mass is 10.0. The number of aliphatic imine (C=N–C) groups is 1. The lowest BCUT2D eigenvalue weighted by molar-refractivity contribution is 0.198. The van der Waals surface area contributed by atoms with Gasteiger partial charge in [0.05, 0.1) is 0 Å². The molecule has 1 heterocycles. The quantitative estimate of drug-likeness (QED) is 0.296. The standard InChI is InChI=1S/C21H35F2N5.HI/c1-4-11-27(5-2)14-10-25-21(24-3)26-18-8-12-28(13-9-18)16-17-6-7-19(22)20(23)15-17;/h6-7,15,18H,4-5,8-14,16H2,1-3H3,(H2,24,25,26);1H. The first-order valence-electron chi connectivity index (χ1n) is 10.4. The fourth-order valence-electron chi connectivity index (χ4n) is 3.60. The van der Waals surface area contributed by atoms with E-state index in [0.717, 1.165) is 63.6 Å². The van der Waals surface area contributed by atoms with E-state index in [9.17, 15) is 8.78 Å². The summed E-state index contributed by atoms with van der Waals surface area (Å²) >= 11 is 0. The summed E-state index contributed by atoms with van der Waals surface area (Å²) < 4.78 is 26.4. The number of benzene rings is 1. The van der Waals surface area contributed by atoms with Crippen LogP contribution < -0.4 is 10.6 Å². The zero-order valence-corrected chi connectivity index (χ0v) is 20.2. The van der Waals surface area contributed by atoms with Gasteiger partial charge in [-0.1, -0.05) is 19.9 Å². The average Bonchev–Trinajstić information content (AvgIpc) is 2.70. The molecule has 1 fully saturated rings. The van der Waals surface area contributed by atoms with E-state index in [2.05, 4.69) is 39.3 Å². The van der Waals surface area contributed by atoms with E-state index >= 15 is 0 Å². The zero-order valence-electron chi connectivity index (χ0n) is 17.9. The van der Waals surface area contributed by atoms with Crippen molar-refractivity contribution < 1.29 is 8.78 Å². The van der Waals surface area contributed by atoms with Gasteiger partial charge in [-0.2, -0.15) is 0 Å². The molecule has 2 rings (SSSR count). The Labute approximate surface area is 191 Å². The van der Waals surface area contributed by atoms with Gasteiger partial charge in [-0.15, -0.1) is 24.0 Å². The lowest BCUT2D eigenvalue weighted by Crippen LogP contribution is -2.49. The number of piperidine rings is 1. The summed E-state index contributed by atoms with van der Waals surface area (Å²) in [5.74, 6) is -0.710. The molecule has 1 saturated heterocycles. The van der Waals surface area contributed by atoms with Crippen molar-refractivity contribution >= 4 is 29.9 Å². The van der Waals surface area contributed by atoms with Gasteiger partial charge in [-0.05, 0) is 50.0 Å². The van der Waals surface area contributed by atoms with Crippen LogP contribution >= 0.6 is 24.0 Å². The van der Waals surface area contributed by atoms with E-state index in [1.54, 1.807) is 13.1 Å². The molecule has 1 aliphatic rings. The number of halogens is 3. The van der Waals surface area contributed by atoms with Crippen LogP contribution in [0.25, 0.3) is 0 Å². The third-order valence-electron chi connectivity index (χ3n) is 5.25. The second-order valence-electron chi connectivity index (χ2n) is 7.38. The third kappa shape index (κ3) is 9.13. The van der Waals surface area contributed by atoms with Crippen molar-refractivity contribution in [2.45, 2.75) is 45.7 Å². The van der Waals surface area contributed by atoms with Crippen molar-refractivity contribution in [2.24, 2.45) is 4.99 Å². The fraction of sp³-hybridized carbons (Fsp3) is 0.667. The second-order valence-corrected chi connectivity index (χ2v) is 7.38. The van der Waals surface area contributed by atoms with Gasteiger partial charge in [0.25, 0.3) is 0 Å². The third-order valence-corrected chi connectivity index (χ3v) is 5.25. The molecule has 0 spiro atoms. The van der Waals surface area contributed by atoms with Crippen molar-refractivity contribution in [3.05, 3.63) is 35.4 Å². The van der Waals surface area contributed by atoms with Crippen LogP contribution in [0, 0.1) is 11.6 Å². The van der Waals surface area contributed by atoms with Crippen LogP contribution in [0.2, 0.25) is 0 Å². The molecule has 0 radical (unpaired) electrons.